The SMILES string of the molecule is O[C@H](CN(c1cccc(OCC2CCCCC2)c1)c1ccccc1Cc1cccc(C(F)(F)C(F)(F)F)c1)C(F)(F)F. The number of aliphatic hydroxyl groups is 1. The Bertz CT molecular complexity index is 1320. The molecule has 0 amide bonds. The number of hydrogen-bond acceptors (Lipinski definition) is 3. The van der Waals surface area contributed by atoms with Gasteiger partial charge in [-0.1, -0.05) is 61.7 Å². The largest absolute Gasteiger partial charge is 0.493 e. The molecule has 1 aliphatic carbocycles. The minimum Gasteiger partial charge on any atom is -0.493 e. The first-order valence-electron chi connectivity index (χ1n) is 13.6. The molecule has 3 aromatic carbocycles. The van der Waals surface area contributed by atoms with Gasteiger partial charge < -0.3 is 14.7 Å². The van der Waals surface area contributed by atoms with Crippen molar-refractivity contribution in [3.63, 3.8) is 0 Å². The van der Waals surface area contributed by atoms with Crippen LogP contribution >= 0.6 is 0 Å². The second-order valence-electron chi connectivity index (χ2n) is 10.6. The predicted octanol–water partition coefficient (Wildman–Crippen LogP) is 8.95. The number of nitrogens with zero attached hydrogens (tertiary/aromatic N) is 1. The van der Waals surface area contributed by atoms with E-state index >= 15 is 0 Å². The Balaban J connectivity index is 1.67. The third-order valence-corrected chi connectivity index (χ3v) is 7.40. The molecule has 1 fully saturated rings. The molecular weight excluding hydrogens is 570 g/mol. The first-order valence-corrected chi connectivity index (χ1v) is 13.6. The Kier molecular flexibility index (Phi) is 9.70. The Morgan fingerprint density at radius 3 is 2.19 bits per heavy atom. The van der Waals surface area contributed by atoms with Gasteiger partial charge in [0, 0.05) is 23.0 Å². The van der Waals surface area contributed by atoms with Crippen LogP contribution in [0.4, 0.5) is 46.5 Å². The van der Waals surface area contributed by atoms with Crippen LogP contribution in [0.25, 0.3) is 0 Å². The van der Waals surface area contributed by atoms with Gasteiger partial charge in [-0.3, -0.25) is 0 Å². The van der Waals surface area contributed by atoms with Gasteiger partial charge in [0.05, 0.1) is 13.2 Å². The highest BCUT2D eigenvalue weighted by atomic mass is 19.4. The van der Waals surface area contributed by atoms with Crippen molar-refractivity contribution in [3.8, 4) is 5.75 Å². The van der Waals surface area contributed by atoms with Gasteiger partial charge in [-0.05, 0) is 60.6 Å². The molecule has 0 saturated heterocycles. The lowest BCUT2D eigenvalue weighted by atomic mass is 9.90. The molecule has 4 rings (SSSR count). The summed E-state index contributed by atoms with van der Waals surface area (Å²) in [5, 5.41) is 10.0. The number of rotatable bonds is 10. The molecule has 3 nitrogen and oxygen atoms in total. The molecule has 0 radical (unpaired) electrons. The van der Waals surface area contributed by atoms with Gasteiger partial charge in [0.2, 0.25) is 0 Å². The lowest BCUT2D eigenvalue weighted by molar-refractivity contribution is -0.289. The molecule has 0 aromatic heterocycles. The third kappa shape index (κ3) is 7.73. The van der Waals surface area contributed by atoms with Crippen molar-refractivity contribution in [2.75, 3.05) is 18.1 Å². The molecular formula is C31H31F8NO2. The van der Waals surface area contributed by atoms with Crippen LogP contribution in [0.15, 0.2) is 72.8 Å². The van der Waals surface area contributed by atoms with Crippen molar-refractivity contribution in [3.05, 3.63) is 89.5 Å². The normalized spacial score (nSPS) is 15.8. The van der Waals surface area contributed by atoms with Crippen LogP contribution in [-0.4, -0.2) is 36.7 Å². The summed E-state index contributed by atoms with van der Waals surface area (Å²) < 4.78 is 113. The number of halogens is 8. The fourth-order valence-corrected chi connectivity index (χ4v) is 5.11. The highest BCUT2D eigenvalue weighted by Gasteiger charge is 2.58. The molecule has 42 heavy (non-hydrogen) atoms. The molecule has 0 spiro atoms. The summed E-state index contributed by atoms with van der Waals surface area (Å²) in [6, 6.07) is 16.4. The van der Waals surface area contributed by atoms with Crippen LogP contribution in [0.1, 0.15) is 48.8 Å². The standard InChI is InChI=1S/C31H31F8NO2/c32-29(33,31(37,38)39)24-12-6-10-22(17-24)16-23-11-4-5-15-27(23)40(19-28(41)30(34,35)36)25-13-7-14-26(18-25)42-20-21-8-2-1-3-9-21/h4-7,10-15,17-18,21,28,41H,1-3,8-9,16,19-20H2/t28-/m1/s1. The number of benzene rings is 3. The van der Waals surface area contributed by atoms with E-state index in [0.717, 1.165) is 37.8 Å². The van der Waals surface area contributed by atoms with Crippen LogP contribution in [0.2, 0.25) is 0 Å². The van der Waals surface area contributed by atoms with Crippen LogP contribution < -0.4 is 9.64 Å². The molecule has 0 aliphatic heterocycles. The Morgan fingerprint density at radius 1 is 0.810 bits per heavy atom. The lowest BCUT2D eigenvalue weighted by Gasteiger charge is -2.30. The predicted molar refractivity (Wildman–Crippen MR) is 143 cm³/mol. The van der Waals surface area contributed by atoms with Gasteiger partial charge in [0.25, 0.3) is 0 Å². The van der Waals surface area contributed by atoms with E-state index in [1.165, 1.54) is 23.5 Å². The van der Waals surface area contributed by atoms with E-state index in [0.29, 0.717) is 29.9 Å². The average Bonchev–Trinajstić information content (AvgIpc) is 2.95. The molecule has 11 heteroatoms. The minimum atomic E-state index is -5.79. The maximum absolute atomic E-state index is 14.0. The van der Waals surface area contributed by atoms with Crippen LogP contribution in [-0.2, 0) is 12.3 Å². The van der Waals surface area contributed by atoms with E-state index in [1.54, 1.807) is 42.5 Å². The van der Waals surface area contributed by atoms with Crippen LogP contribution in [0, 0.1) is 5.92 Å². The number of para-hydroxylation sites is 1. The molecule has 1 saturated carbocycles. The number of ether oxygens (including phenoxy) is 1. The molecule has 228 valence electrons. The number of anilines is 2. The molecule has 0 heterocycles. The summed E-state index contributed by atoms with van der Waals surface area (Å²) in [5.74, 6) is -4.26. The van der Waals surface area contributed by atoms with Gasteiger partial charge in [-0.25, -0.2) is 0 Å². The zero-order valence-corrected chi connectivity index (χ0v) is 22.6. The van der Waals surface area contributed by atoms with Gasteiger partial charge in [0.1, 0.15) is 5.75 Å². The Hall–Kier alpha value is -3.34. The summed E-state index contributed by atoms with van der Waals surface area (Å²) in [6.07, 6.45) is -8.13. The van der Waals surface area contributed by atoms with Crippen molar-refractivity contribution >= 4 is 11.4 Å². The molecule has 1 N–H and O–H groups in total. The van der Waals surface area contributed by atoms with Crippen molar-refractivity contribution in [1.29, 1.82) is 0 Å². The third-order valence-electron chi connectivity index (χ3n) is 7.40. The summed E-state index contributed by atoms with van der Waals surface area (Å²) in [6.45, 7) is -0.428. The average molecular weight is 602 g/mol. The fraction of sp³-hybridized carbons (Fsp3) is 0.419. The zero-order chi connectivity index (χ0) is 30.5. The summed E-state index contributed by atoms with van der Waals surface area (Å²) in [4.78, 5) is 1.25. The van der Waals surface area contributed by atoms with Crippen molar-refractivity contribution < 1.29 is 45.0 Å². The van der Waals surface area contributed by atoms with E-state index in [-0.39, 0.29) is 23.4 Å². The van der Waals surface area contributed by atoms with Crippen molar-refractivity contribution in [2.24, 2.45) is 5.92 Å². The quantitative estimate of drug-likeness (QED) is 0.236. The molecule has 1 atom stereocenters. The van der Waals surface area contributed by atoms with Crippen molar-refractivity contribution in [1.82, 2.24) is 0 Å². The van der Waals surface area contributed by atoms with Crippen LogP contribution in [0.3, 0.4) is 0 Å². The summed E-state index contributed by atoms with van der Waals surface area (Å²) >= 11 is 0. The Morgan fingerprint density at radius 2 is 1.50 bits per heavy atom. The van der Waals surface area contributed by atoms with E-state index in [1.807, 2.05) is 0 Å². The first-order chi connectivity index (χ1) is 19.8. The van der Waals surface area contributed by atoms with Crippen molar-refractivity contribution in [2.45, 2.75) is 62.9 Å². The van der Waals surface area contributed by atoms with E-state index in [2.05, 4.69) is 0 Å². The van der Waals surface area contributed by atoms with E-state index in [9.17, 15) is 40.2 Å². The number of aliphatic hydroxyl groups excluding tert-OH is 1. The van der Waals surface area contributed by atoms with Gasteiger partial charge >= 0.3 is 18.3 Å². The number of hydrogen-bond donors (Lipinski definition) is 1. The molecule has 1 aliphatic rings. The van der Waals surface area contributed by atoms with E-state index in [4.69, 9.17) is 4.74 Å². The highest BCUT2D eigenvalue weighted by Crippen LogP contribution is 2.44. The van der Waals surface area contributed by atoms with E-state index < -0.39 is 36.5 Å². The summed E-state index contributed by atoms with van der Waals surface area (Å²) in [7, 11) is 0. The minimum absolute atomic E-state index is 0.102. The first kappa shape index (κ1) is 31.6. The van der Waals surface area contributed by atoms with Crippen LogP contribution in [0.5, 0.6) is 5.75 Å². The lowest BCUT2D eigenvalue weighted by Crippen LogP contribution is -2.39. The fourth-order valence-electron chi connectivity index (χ4n) is 5.11. The van der Waals surface area contributed by atoms with Gasteiger partial charge in [-0.15, -0.1) is 0 Å². The van der Waals surface area contributed by atoms with Gasteiger partial charge in [0.15, 0.2) is 6.10 Å². The smallest absolute Gasteiger partial charge is 0.458 e. The molecule has 0 unspecified atom stereocenters. The Labute approximate surface area is 238 Å². The topological polar surface area (TPSA) is 32.7 Å². The zero-order valence-electron chi connectivity index (χ0n) is 22.6. The highest BCUT2D eigenvalue weighted by molar-refractivity contribution is 5.68. The summed E-state index contributed by atoms with van der Waals surface area (Å²) in [5.41, 5.74) is -0.280. The monoisotopic (exact) mass is 601 g/mol. The second-order valence-corrected chi connectivity index (χ2v) is 10.6. The molecule has 3 aromatic rings. The van der Waals surface area contributed by atoms with Gasteiger partial charge in [-0.2, -0.15) is 35.1 Å². The molecule has 0 bridgehead atoms. The second kappa shape index (κ2) is 12.9. The number of alkyl halides is 8. The maximum atomic E-state index is 14.0. The maximum Gasteiger partial charge on any atom is 0.458 e.